The highest BCUT2D eigenvalue weighted by Gasteiger charge is 2.21. The fourth-order valence-electron chi connectivity index (χ4n) is 1.69. The van der Waals surface area contributed by atoms with Crippen molar-refractivity contribution in [2.75, 3.05) is 0 Å². The minimum Gasteiger partial charge on any atom is -0.267 e. The Kier molecular flexibility index (Phi) is 4.07. The maximum absolute atomic E-state index is 12.1. The molecule has 0 aliphatic rings. The number of rotatable bonds is 2. The summed E-state index contributed by atoms with van der Waals surface area (Å²) in [5.41, 5.74) is 1.46. The van der Waals surface area contributed by atoms with E-state index in [4.69, 9.17) is 11.1 Å². The van der Waals surface area contributed by atoms with Crippen LogP contribution in [0.4, 0.5) is 0 Å². The Morgan fingerprint density at radius 2 is 1.90 bits per heavy atom. The van der Waals surface area contributed by atoms with E-state index in [1.54, 1.807) is 31.2 Å². The van der Waals surface area contributed by atoms with Gasteiger partial charge in [-0.05, 0) is 37.3 Å². The highest BCUT2D eigenvalue weighted by molar-refractivity contribution is 6.09. The molecule has 21 heavy (non-hydrogen) atoms. The van der Waals surface area contributed by atoms with E-state index < -0.39 is 11.8 Å². The van der Waals surface area contributed by atoms with Gasteiger partial charge in [-0.25, -0.2) is 10.9 Å². The van der Waals surface area contributed by atoms with Crippen molar-refractivity contribution in [2.45, 2.75) is 6.92 Å². The Morgan fingerprint density at radius 1 is 1.19 bits per heavy atom. The van der Waals surface area contributed by atoms with E-state index in [0.29, 0.717) is 10.6 Å². The molecule has 0 aliphatic heterocycles. The number of nitriles is 1. The zero-order valence-electron chi connectivity index (χ0n) is 11.3. The number of pyridine rings is 1. The summed E-state index contributed by atoms with van der Waals surface area (Å²) in [6.45, 7) is 1.78. The number of aromatic nitrogens is 1. The quantitative estimate of drug-likeness (QED) is 0.388. The molecule has 0 atom stereocenters. The number of nitrogens with zero attached hydrogens (tertiary/aromatic N) is 3. The van der Waals surface area contributed by atoms with Gasteiger partial charge in [-0.2, -0.15) is 5.26 Å². The monoisotopic (exact) mass is 280 g/mol. The van der Waals surface area contributed by atoms with Crippen LogP contribution in [-0.2, 0) is 0 Å². The van der Waals surface area contributed by atoms with Crippen molar-refractivity contribution in [1.82, 2.24) is 9.99 Å². The predicted octanol–water partition coefficient (Wildman–Crippen LogP) is 1.42. The third-order valence-corrected chi connectivity index (χ3v) is 2.83. The van der Waals surface area contributed by atoms with E-state index in [1.165, 1.54) is 18.3 Å². The third-order valence-electron chi connectivity index (χ3n) is 2.83. The first-order chi connectivity index (χ1) is 10.0. The van der Waals surface area contributed by atoms with Crippen LogP contribution < -0.4 is 5.84 Å². The molecule has 1 heterocycles. The molecule has 6 nitrogen and oxygen atoms in total. The van der Waals surface area contributed by atoms with Gasteiger partial charge in [-0.3, -0.25) is 14.6 Å². The zero-order valence-corrected chi connectivity index (χ0v) is 11.3. The Balaban J connectivity index is 2.24. The predicted molar refractivity (Wildman–Crippen MR) is 74.8 cm³/mol. The first kappa shape index (κ1) is 14.4. The fraction of sp³-hybridized carbons (Fsp3) is 0.0667. The van der Waals surface area contributed by atoms with E-state index in [9.17, 15) is 9.59 Å². The summed E-state index contributed by atoms with van der Waals surface area (Å²) in [4.78, 5) is 28.2. The van der Waals surface area contributed by atoms with E-state index >= 15 is 0 Å². The van der Waals surface area contributed by atoms with Gasteiger partial charge in [-0.1, -0.05) is 6.07 Å². The molecule has 2 N–H and O–H groups in total. The minimum absolute atomic E-state index is 0.171. The molecule has 0 saturated heterocycles. The second-order valence-electron chi connectivity index (χ2n) is 4.36. The zero-order chi connectivity index (χ0) is 15.4. The summed E-state index contributed by atoms with van der Waals surface area (Å²) >= 11 is 0. The number of benzene rings is 1. The highest BCUT2D eigenvalue weighted by Crippen LogP contribution is 2.09. The van der Waals surface area contributed by atoms with Gasteiger partial charge in [0.05, 0.1) is 17.2 Å². The lowest BCUT2D eigenvalue weighted by Crippen LogP contribution is -2.42. The minimum atomic E-state index is -0.683. The number of carbonyl (C=O) groups excluding carboxylic acids is 2. The molecule has 2 aromatic rings. The van der Waals surface area contributed by atoms with Crippen molar-refractivity contribution < 1.29 is 9.59 Å². The van der Waals surface area contributed by atoms with E-state index in [0.717, 1.165) is 5.69 Å². The van der Waals surface area contributed by atoms with Crippen LogP contribution in [0.1, 0.15) is 32.0 Å². The van der Waals surface area contributed by atoms with Crippen LogP contribution >= 0.6 is 0 Å². The number of hydrogen-bond acceptors (Lipinski definition) is 5. The lowest BCUT2D eigenvalue weighted by Gasteiger charge is -2.14. The molecule has 0 unspecified atom stereocenters. The second-order valence-corrected chi connectivity index (χ2v) is 4.36. The molecule has 1 aromatic heterocycles. The molecule has 0 aliphatic carbocycles. The highest BCUT2D eigenvalue weighted by atomic mass is 16.2. The van der Waals surface area contributed by atoms with E-state index in [2.05, 4.69) is 4.98 Å². The molecule has 2 rings (SSSR count). The second kappa shape index (κ2) is 5.94. The summed E-state index contributed by atoms with van der Waals surface area (Å²) in [5.74, 6) is 4.24. The Morgan fingerprint density at radius 3 is 2.52 bits per heavy atom. The number of hydrazine groups is 1. The van der Waals surface area contributed by atoms with Gasteiger partial charge in [0.25, 0.3) is 11.8 Å². The van der Waals surface area contributed by atoms with Crippen molar-refractivity contribution in [3.05, 3.63) is 65.0 Å². The average molecular weight is 280 g/mol. The van der Waals surface area contributed by atoms with Gasteiger partial charge in [0.15, 0.2) is 0 Å². The van der Waals surface area contributed by atoms with Gasteiger partial charge in [-0.15, -0.1) is 0 Å². The van der Waals surface area contributed by atoms with Crippen LogP contribution in [0.15, 0.2) is 42.6 Å². The molecular formula is C15H12N4O2. The molecule has 0 radical (unpaired) electrons. The van der Waals surface area contributed by atoms with Crippen LogP contribution in [0.2, 0.25) is 0 Å². The van der Waals surface area contributed by atoms with Crippen LogP contribution in [0.3, 0.4) is 0 Å². The number of aryl methyl sites for hydroxylation is 1. The molecule has 1 aromatic carbocycles. The summed E-state index contributed by atoms with van der Waals surface area (Å²) in [6.07, 6.45) is 1.36. The number of carbonyl (C=O) groups is 2. The van der Waals surface area contributed by atoms with Crippen LogP contribution in [0.25, 0.3) is 0 Å². The Hall–Kier alpha value is -3.04. The lowest BCUT2D eigenvalue weighted by molar-refractivity contribution is 0.0615. The SMILES string of the molecule is Cc1ccc(C(=O)N(N)C(=O)c2cccc(C#N)c2)cn1. The van der Waals surface area contributed by atoms with Gasteiger partial charge < -0.3 is 0 Å². The maximum atomic E-state index is 12.1. The van der Waals surface area contributed by atoms with Crippen molar-refractivity contribution in [3.8, 4) is 6.07 Å². The summed E-state index contributed by atoms with van der Waals surface area (Å²) in [5, 5.41) is 9.33. The largest absolute Gasteiger partial charge is 0.276 e. The fourth-order valence-corrected chi connectivity index (χ4v) is 1.69. The standard InChI is InChI=1S/C15H12N4O2/c1-10-5-6-13(9-18-10)15(21)19(17)14(20)12-4-2-3-11(7-12)8-16/h2-7,9H,17H2,1H3. The number of hydrogen-bond donors (Lipinski definition) is 1. The topological polar surface area (TPSA) is 100 Å². The van der Waals surface area contributed by atoms with Gasteiger partial charge in [0.2, 0.25) is 0 Å². The van der Waals surface area contributed by atoms with Crippen LogP contribution in [0.5, 0.6) is 0 Å². The Bertz CT molecular complexity index is 732. The molecule has 0 spiro atoms. The molecule has 6 heteroatoms. The number of nitrogens with two attached hydrogens (primary N) is 1. The van der Waals surface area contributed by atoms with E-state index in [-0.39, 0.29) is 11.1 Å². The molecule has 0 saturated carbocycles. The number of amides is 2. The average Bonchev–Trinajstić information content (AvgIpc) is 2.53. The summed E-state index contributed by atoms with van der Waals surface area (Å²) < 4.78 is 0. The van der Waals surface area contributed by atoms with Gasteiger partial charge in [0, 0.05) is 17.5 Å². The van der Waals surface area contributed by atoms with Crippen LogP contribution in [0, 0.1) is 18.3 Å². The number of imide groups is 1. The van der Waals surface area contributed by atoms with Crippen molar-refractivity contribution in [3.63, 3.8) is 0 Å². The lowest BCUT2D eigenvalue weighted by atomic mass is 10.1. The first-order valence-corrected chi connectivity index (χ1v) is 6.09. The molecular weight excluding hydrogens is 268 g/mol. The third kappa shape index (κ3) is 3.11. The molecule has 0 fully saturated rings. The van der Waals surface area contributed by atoms with Crippen LogP contribution in [-0.4, -0.2) is 21.8 Å². The summed E-state index contributed by atoms with van der Waals surface area (Å²) in [7, 11) is 0. The van der Waals surface area contributed by atoms with E-state index in [1.807, 2.05) is 6.07 Å². The first-order valence-electron chi connectivity index (χ1n) is 6.09. The van der Waals surface area contributed by atoms with Crippen molar-refractivity contribution >= 4 is 11.8 Å². The molecule has 104 valence electrons. The van der Waals surface area contributed by atoms with Crippen molar-refractivity contribution in [2.24, 2.45) is 5.84 Å². The molecule has 0 bridgehead atoms. The summed E-state index contributed by atoms with van der Waals surface area (Å²) in [6, 6.07) is 11.1. The van der Waals surface area contributed by atoms with Gasteiger partial charge in [0.1, 0.15) is 0 Å². The Labute approximate surface area is 121 Å². The maximum Gasteiger partial charge on any atom is 0.276 e. The smallest absolute Gasteiger partial charge is 0.267 e. The molecule has 2 amide bonds. The van der Waals surface area contributed by atoms with Crippen molar-refractivity contribution in [1.29, 1.82) is 5.26 Å². The normalized spacial score (nSPS) is 9.76. The van der Waals surface area contributed by atoms with Gasteiger partial charge >= 0.3 is 0 Å².